The highest BCUT2D eigenvalue weighted by Crippen LogP contribution is 2.45. The summed E-state index contributed by atoms with van der Waals surface area (Å²) in [4.78, 5) is 13.9. The number of carbonyl (C=O) groups is 1. The van der Waals surface area contributed by atoms with Crippen LogP contribution in [0.3, 0.4) is 0 Å². The van der Waals surface area contributed by atoms with Gasteiger partial charge in [0, 0.05) is 18.3 Å². The van der Waals surface area contributed by atoms with Crippen molar-refractivity contribution in [1.29, 1.82) is 0 Å². The second kappa shape index (κ2) is 6.33. The van der Waals surface area contributed by atoms with Crippen molar-refractivity contribution in [3.63, 3.8) is 0 Å². The zero-order valence-corrected chi connectivity index (χ0v) is 15.3. The molecule has 2 aliphatic heterocycles. The molecule has 7 heteroatoms. The van der Waals surface area contributed by atoms with Crippen LogP contribution in [0.25, 0.3) is 5.57 Å². The number of rotatable bonds is 3. The molecule has 0 aliphatic carbocycles. The van der Waals surface area contributed by atoms with Crippen molar-refractivity contribution in [2.24, 2.45) is 4.40 Å². The van der Waals surface area contributed by atoms with E-state index >= 15 is 0 Å². The smallest absolute Gasteiger partial charge is 0.315 e. The summed E-state index contributed by atoms with van der Waals surface area (Å²) < 4.78 is 28.9. The van der Waals surface area contributed by atoms with Crippen LogP contribution in [0.1, 0.15) is 25.0 Å². The van der Waals surface area contributed by atoms with E-state index < -0.39 is 16.2 Å². The molecular formula is C18H22N2O4S. The minimum Gasteiger partial charge on any atom is -0.468 e. The Kier molecular flexibility index (Phi) is 4.49. The number of ether oxygens (including phenoxy) is 1. The fourth-order valence-electron chi connectivity index (χ4n) is 2.89. The minimum absolute atomic E-state index is 0.236. The van der Waals surface area contributed by atoms with Crippen LogP contribution < -0.4 is 0 Å². The van der Waals surface area contributed by atoms with Gasteiger partial charge in [-0.15, -0.1) is 4.40 Å². The Bertz CT molecular complexity index is 779. The summed E-state index contributed by atoms with van der Waals surface area (Å²) in [6.45, 7) is 4.15. The van der Waals surface area contributed by atoms with Crippen LogP contribution in [0.2, 0.25) is 0 Å². The van der Waals surface area contributed by atoms with Gasteiger partial charge in [0.15, 0.2) is 5.84 Å². The van der Waals surface area contributed by atoms with Gasteiger partial charge in [-0.2, -0.15) is 0 Å². The number of hydrogen-bond donors (Lipinski definition) is 2. The summed E-state index contributed by atoms with van der Waals surface area (Å²) in [7, 11) is -1.55. The number of esters is 1. The predicted molar refractivity (Wildman–Crippen MR) is 100 cm³/mol. The third-order valence-corrected chi connectivity index (χ3v) is 5.69. The van der Waals surface area contributed by atoms with Gasteiger partial charge in [-0.1, -0.05) is 35.0 Å². The molecule has 0 spiro atoms. The summed E-state index contributed by atoms with van der Waals surface area (Å²) in [5.74, 6) is 0.506. The van der Waals surface area contributed by atoms with Gasteiger partial charge >= 0.3 is 5.97 Å². The fraction of sp³-hybridized carbons (Fsp3) is 0.333. The molecule has 0 aromatic heterocycles. The number of methoxy groups -OCH3 is 1. The Hall–Kier alpha value is -2.09. The lowest BCUT2D eigenvalue weighted by atomic mass is 9.84. The third-order valence-electron chi connectivity index (χ3n) is 4.49. The van der Waals surface area contributed by atoms with E-state index in [1.165, 1.54) is 7.11 Å². The van der Waals surface area contributed by atoms with Crippen molar-refractivity contribution >= 4 is 28.2 Å². The average Bonchev–Trinajstić information content (AvgIpc) is 2.59. The first-order valence-corrected chi connectivity index (χ1v) is 9.62. The largest absolute Gasteiger partial charge is 0.468 e. The summed E-state index contributed by atoms with van der Waals surface area (Å²) in [5.41, 5.74) is 1.83. The Balaban J connectivity index is 1.95. The predicted octanol–water partition coefficient (Wildman–Crippen LogP) is 3.43. The number of benzene rings is 1. The number of carbonyl (C=O) groups excluding carboxylic acids is 1. The van der Waals surface area contributed by atoms with Gasteiger partial charge in [-0.05, 0) is 37.1 Å². The van der Waals surface area contributed by atoms with Crippen molar-refractivity contribution in [3.05, 3.63) is 53.7 Å². The molecule has 0 amide bonds. The summed E-state index contributed by atoms with van der Waals surface area (Å²) in [5, 5.41) is 0. The topological polar surface area (TPSA) is 82.4 Å². The number of hydrogen-bond acceptors (Lipinski definition) is 6. The van der Waals surface area contributed by atoms with Crippen molar-refractivity contribution in [2.75, 3.05) is 19.4 Å². The SMILES string of the molecule is COC(=O)C(C)(C)c1ccc(C2=CC=CN3CCS(O)(O)N=C23)cc1. The van der Waals surface area contributed by atoms with Gasteiger partial charge in [-0.25, -0.2) is 0 Å². The van der Waals surface area contributed by atoms with Gasteiger partial charge in [0.05, 0.1) is 18.3 Å². The average molecular weight is 362 g/mol. The Morgan fingerprint density at radius 1 is 1.28 bits per heavy atom. The van der Waals surface area contributed by atoms with E-state index in [1.807, 2.05) is 61.4 Å². The standard InChI is InChI=1S/C18H22N2O4S/c1-18(2,17(21)24-3)14-8-6-13(7-9-14)15-5-4-10-20-11-12-25(22,23)19-16(15)20/h4-10,22-23H,11-12H2,1-3H3. The van der Waals surface area contributed by atoms with E-state index in [0.29, 0.717) is 12.4 Å². The highest BCUT2D eigenvalue weighted by atomic mass is 32.3. The lowest BCUT2D eigenvalue weighted by Crippen LogP contribution is -2.36. The van der Waals surface area contributed by atoms with Gasteiger partial charge in [-0.3, -0.25) is 13.9 Å². The molecule has 2 heterocycles. The molecule has 0 bridgehead atoms. The molecule has 25 heavy (non-hydrogen) atoms. The highest BCUT2D eigenvalue weighted by Gasteiger charge is 2.31. The molecule has 1 aromatic carbocycles. The van der Waals surface area contributed by atoms with Crippen LogP contribution in [0.15, 0.2) is 47.0 Å². The molecule has 0 unspecified atom stereocenters. The maximum atomic E-state index is 12.0. The van der Waals surface area contributed by atoms with Crippen LogP contribution in [0.5, 0.6) is 0 Å². The Morgan fingerprint density at radius 3 is 2.60 bits per heavy atom. The lowest BCUT2D eigenvalue weighted by molar-refractivity contribution is -0.146. The zero-order chi connectivity index (χ0) is 18.2. The first-order chi connectivity index (χ1) is 11.7. The molecule has 0 fully saturated rings. The first kappa shape index (κ1) is 17.7. The third kappa shape index (κ3) is 3.35. The number of nitrogens with zero attached hydrogens (tertiary/aromatic N) is 2. The van der Waals surface area contributed by atoms with Crippen LogP contribution in [0.4, 0.5) is 0 Å². The van der Waals surface area contributed by atoms with E-state index in [4.69, 9.17) is 4.74 Å². The highest BCUT2D eigenvalue weighted by molar-refractivity contribution is 8.23. The van der Waals surface area contributed by atoms with E-state index in [1.54, 1.807) is 0 Å². The molecule has 134 valence electrons. The molecule has 1 aromatic rings. The lowest BCUT2D eigenvalue weighted by Gasteiger charge is -2.38. The first-order valence-electron chi connectivity index (χ1n) is 7.95. The molecule has 6 nitrogen and oxygen atoms in total. The molecule has 0 atom stereocenters. The molecule has 0 saturated heterocycles. The van der Waals surface area contributed by atoms with E-state index in [9.17, 15) is 13.9 Å². The zero-order valence-electron chi connectivity index (χ0n) is 14.5. The normalized spacial score (nSPS) is 20.3. The van der Waals surface area contributed by atoms with Gasteiger partial charge in [0.25, 0.3) is 0 Å². The Labute approximate surface area is 149 Å². The van der Waals surface area contributed by atoms with Gasteiger partial charge in [0.1, 0.15) is 0 Å². The van der Waals surface area contributed by atoms with Gasteiger partial charge < -0.3 is 9.64 Å². The van der Waals surface area contributed by atoms with E-state index in [0.717, 1.165) is 16.7 Å². The maximum Gasteiger partial charge on any atom is 0.315 e. The molecule has 0 saturated carbocycles. The fourth-order valence-corrected chi connectivity index (χ4v) is 3.91. The molecule has 0 radical (unpaired) electrons. The molecule has 3 rings (SSSR count). The molecule has 2 N–H and O–H groups in total. The van der Waals surface area contributed by atoms with Crippen molar-refractivity contribution in [3.8, 4) is 0 Å². The monoisotopic (exact) mass is 362 g/mol. The quantitative estimate of drug-likeness (QED) is 0.805. The Morgan fingerprint density at radius 2 is 1.96 bits per heavy atom. The molecular weight excluding hydrogens is 340 g/mol. The molecule has 2 aliphatic rings. The maximum absolute atomic E-state index is 12.0. The van der Waals surface area contributed by atoms with Crippen LogP contribution in [-0.2, 0) is 14.9 Å². The van der Waals surface area contributed by atoms with E-state index in [2.05, 4.69) is 4.40 Å². The number of allylic oxidation sites excluding steroid dienone is 2. The summed E-state index contributed by atoms with van der Waals surface area (Å²) >= 11 is 0. The van der Waals surface area contributed by atoms with Crippen LogP contribution in [-0.4, -0.2) is 45.2 Å². The second-order valence-electron chi connectivity index (χ2n) is 6.56. The summed E-state index contributed by atoms with van der Waals surface area (Å²) in [6, 6.07) is 7.59. The van der Waals surface area contributed by atoms with Crippen molar-refractivity contribution in [2.45, 2.75) is 19.3 Å². The number of fused-ring (bicyclic) bond motifs is 1. The van der Waals surface area contributed by atoms with Crippen LogP contribution >= 0.6 is 10.8 Å². The van der Waals surface area contributed by atoms with E-state index in [-0.39, 0.29) is 11.7 Å². The van der Waals surface area contributed by atoms with Crippen LogP contribution in [0, 0.1) is 0 Å². The van der Waals surface area contributed by atoms with Crippen molar-refractivity contribution < 1.29 is 18.6 Å². The van der Waals surface area contributed by atoms with Gasteiger partial charge in [0.2, 0.25) is 0 Å². The summed E-state index contributed by atoms with van der Waals surface area (Å²) in [6.07, 6.45) is 5.69. The number of amidine groups is 1. The minimum atomic E-state index is -2.93. The van der Waals surface area contributed by atoms with Crippen molar-refractivity contribution in [1.82, 2.24) is 4.90 Å². The second-order valence-corrected chi connectivity index (χ2v) is 8.42.